The number of nitrogens with zero attached hydrogens (tertiary/aromatic N) is 2. The highest BCUT2D eigenvalue weighted by molar-refractivity contribution is 5.94. The Kier molecular flexibility index (Phi) is 4.81. The van der Waals surface area contributed by atoms with Gasteiger partial charge in [0.25, 0.3) is 11.5 Å². The van der Waals surface area contributed by atoms with E-state index in [1.807, 2.05) is 30.3 Å². The number of benzene rings is 1. The summed E-state index contributed by atoms with van der Waals surface area (Å²) in [6, 6.07) is 13.6. The summed E-state index contributed by atoms with van der Waals surface area (Å²) in [7, 11) is 4.13. The van der Waals surface area contributed by atoms with Crippen LogP contribution >= 0.6 is 0 Å². The number of carbonyl (C=O) groups is 1. The van der Waals surface area contributed by atoms with E-state index in [0.717, 1.165) is 24.1 Å². The highest BCUT2D eigenvalue weighted by Gasteiger charge is 2.25. The highest BCUT2D eigenvalue weighted by Crippen LogP contribution is 2.18. The molecule has 0 aliphatic carbocycles. The number of nitrogens with one attached hydrogen (secondary N) is 1. The maximum absolute atomic E-state index is 12.6. The maximum atomic E-state index is 12.6. The predicted molar refractivity (Wildman–Crippen MR) is 95.1 cm³/mol. The van der Waals surface area contributed by atoms with Gasteiger partial charge in [-0.1, -0.05) is 30.3 Å². The van der Waals surface area contributed by atoms with Crippen LogP contribution in [0.4, 0.5) is 0 Å². The summed E-state index contributed by atoms with van der Waals surface area (Å²) in [6.45, 7) is 1.39. The van der Waals surface area contributed by atoms with Gasteiger partial charge in [-0.3, -0.25) is 9.59 Å². The van der Waals surface area contributed by atoms with Crippen LogP contribution in [-0.2, 0) is 0 Å². The van der Waals surface area contributed by atoms with Gasteiger partial charge in [0, 0.05) is 24.8 Å². The first-order valence-electron chi connectivity index (χ1n) is 8.30. The van der Waals surface area contributed by atoms with Gasteiger partial charge in [-0.2, -0.15) is 0 Å². The third-order valence-electron chi connectivity index (χ3n) is 4.71. The Morgan fingerprint density at radius 1 is 1.08 bits per heavy atom. The molecule has 24 heavy (non-hydrogen) atoms. The molecule has 5 nitrogen and oxygen atoms in total. The van der Waals surface area contributed by atoms with Crippen molar-refractivity contribution in [3.63, 3.8) is 0 Å². The molecule has 1 saturated heterocycles. The van der Waals surface area contributed by atoms with Crippen molar-refractivity contribution in [1.29, 1.82) is 0 Å². The number of aromatic nitrogens is 1. The smallest absolute Gasteiger partial charge is 0.261 e. The van der Waals surface area contributed by atoms with Crippen molar-refractivity contribution in [2.24, 2.45) is 0 Å². The number of H-pyrrole nitrogens is 1. The summed E-state index contributed by atoms with van der Waals surface area (Å²) in [5, 5.41) is 0. The summed E-state index contributed by atoms with van der Waals surface area (Å²) >= 11 is 0. The molecular weight excluding hydrogens is 302 g/mol. The largest absolute Gasteiger partial charge is 0.338 e. The number of rotatable bonds is 3. The van der Waals surface area contributed by atoms with E-state index in [9.17, 15) is 9.59 Å². The zero-order chi connectivity index (χ0) is 17.1. The molecule has 5 heteroatoms. The van der Waals surface area contributed by atoms with Crippen molar-refractivity contribution in [2.45, 2.75) is 18.9 Å². The van der Waals surface area contributed by atoms with Gasteiger partial charge in [-0.05, 0) is 44.6 Å². The molecule has 1 aliphatic heterocycles. The molecule has 2 heterocycles. The second-order valence-electron chi connectivity index (χ2n) is 6.47. The molecule has 1 N–H and O–H groups in total. The van der Waals surface area contributed by atoms with Gasteiger partial charge in [-0.15, -0.1) is 0 Å². The number of piperidine rings is 1. The van der Waals surface area contributed by atoms with E-state index in [4.69, 9.17) is 0 Å². The highest BCUT2D eigenvalue weighted by atomic mass is 16.2. The molecule has 0 bridgehead atoms. The summed E-state index contributed by atoms with van der Waals surface area (Å²) in [5.41, 5.74) is 1.55. The molecule has 0 spiro atoms. The third-order valence-corrected chi connectivity index (χ3v) is 4.71. The molecule has 0 radical (unpaired) electrons. The summed E-state index contributed by atoms with van der Waals surface area (Å²) < 4.78 is 0. The molecule has 126 valence electrons. The molecule has 3 rings (SSSR count). The molecule has 2 aromatic rings. The van der Waals surface area contributed by atoms with E-state index < -0.39 is 0 Å². The van der Waals surface area contributed by atoms with Crippen LogP contribution in [0, 0.1) is 0 Å². The Labute approximate surface area is 141 Å². The molecule has 1 amide bonds. The molecule has 1 aliphatic rings. The van der Waals surface area contributed by atoms with Crippen LogP contribution in [-0.4, -0.2) is 53.9 Å². The normalized spacial score (nSPS) is 15.7. The van der Waals surface area contributed by atoms with Crippen LogP contribution in [0.2, 0.25) is 0 Å². The third kappa shape index (κ3) is 3.41. The van der Waals surface area contributed by atoms with Gasteiger partial charge >= 0.3 is 0 Å². The second kappa shape index (κ2) is 7.01. The second-order valence-corrected chi connectivity index (χ2v) is 6.47. The van der Waals surface area contributed by atoms with Gasteiger partial charge in [0.15, 0.2) is 0 Å². The van der Waals surface area contributed by atoms with Crippen molar-refractivity contribution >= 4 is 5.91 Å². The number of aromatic amines is 1. The quantitative estimate of drug-likeness (QED) is 0.941. The lowest BCUT2D eigenvalue weighted by Crippen LogP contribution is -2.45. The molecule has 1 aromatic carbocycles. The first-order chi connectivity index (χ1) is 11.6. The Morgan fingerprint density at radius 2 is 1.75 bits per heavy atom. The fourth-order valence-corrected chi connectivity index (χ4v) is 3.18. The van der Waals surface area contributed by atoms with Crippen LogP contribution in [0.25, 0.3) is 11.3 Å². The zero-order valence-electron chi connectivity index (χ0n) is 14.2. The number of amides is 1. The van der Waals surface area contributed by atoms with Crippen molar-refractivity contribution in [3.8, 4) is 11.3 Å². The first kappa shape index (κ1) is 16.5. The fourth-order valence-electron chi connectivity index (χ4n) is 3.18. The molecule has 0 atom stereocenters. The van der Waals surface area contributed by atoms with Gasteiger partial charge < -0.3 is 14.8 Å². The lowest BCUT2D eigenvalue weighted by molar-refractivity contribution is 0.0661. The van der Waals surface area contributed by atoms with Gasteiger partial charge in [0.1, 0.15) is 5.56 Å². The standard InChI is InChI=1S/C19H23N3O2/c1-21(2)15-10-12-22(13-11-15)19(24)16-8-9-17(20-18(16)23)14-6-4-3-5-7-14/h3-9,15H,10-13H2,1-2H3,(H,20,23). The summed E-state index contributed by atoms with van der Waals surface area (Å²) in [4.78, 5) is 31.8. The maximum Gasteiger partial charge on any atom is 0.261 e. The van der Waals surface area contributed by atoms with E-state index in [1.165, 1.54) is 0 Å². The minimum atomic E-state index is -0.323. The number of pyridine rings is 1. The molecule has 1 fully saturated rings. The van der Waals surface area contributed by atoms with Crippen molar-refractivity contribution in [3.05, 3.63) is 58.4 Å². The summed E-state index contributed by atoms with van der Waals surface area (Å²) in [5.74, 6) is -0.173. The number of likely N-dealkylation sites (tertiary alicyclic amines) is 1. The van der Waals surface area contributed by atoms with Crippen molar-refractivity contribution < 1.29 is 4.79 Å². The number of hydrogen-bond acceptors (Lipinski definition) is 3. The lowest BCUT2D eigenvalue weighted by Gasteiger charge is -2.35. The first-order valence-corrected chi connectivity index (χ1v) is 8.30. The van der Waals surface area contributed by atoms with E-state index in [0.29, 0.717) is 19.1 Å². The van der Waals surface area contributed by atoms with E-state index in [2.05, 4.69) is 24.0 Å². The predicted octanol–water partition coefficient (Wildman–Crippen LogP) is 2.21. The van der Waals surface area contributed by atoms with Gasteiger partial charge in [0.05, 0.1) is 0 Å². The fraction of sp³-hybridized carbons (Fsp3) is 0.368. The Hall–Kier alpha value is -2.40. The van der Waals surface area contributed by atoms with Gasteiger partial charge in [-0.25, -0.2) is 0 Å². The Bertz CT molecular complexity index is 760. The van der Waals surface area contributed by atoms with E-state index in [1.54, 1.807) is 17.0 Å². The summed E-state index contributed by atoms with van der Waals surface area (Å²) in [6.07, 6.45) is 1.89. The minimum absolute atomic E-state index is 0.173. The Balaban J connectivity index is 1.76. The topological polar surface area (TPSA) is 56.4 Å². The SMILES string of the molecule is CN(C)C1CCN(C(=O)c2ccc(-c3ccccc3)[nH]c2=O)CC1. The van der Waals surface area contributed by atoms with Crippen LogP contribution in [0.5, 0.6) is 0 Å². The zero-order valence-corrected chi connectivity index (χ0v) is 14.2. The van der Waals surface area contributed by atoms with Crippen LogP contribution in [0.1, 0.15) is 23.2 Å². The monoisotopic (exact) mass is 325 g/mol. The van der Waals surface area contributed by atoms with E-state index in [-0.39, 0.29) is 17.0 Å². The van der Waals surface area contributed by atoms with E-state index >= 15 is 0 Å². The minimum Gasteiger partial charge on any atom is -0.338 e. The molecule has 1 aromatic heterocycles. The van der Waals surface area contributed by atoms with Crippen molar-refractivity contribution in [1.82, 2.24) is 14.8 Å². The molecule has 0 saturated carbocycles. The number of carbonyl (C=O) groups excluding carboxylic acids is 1. The lowest BCUT2D eigenvalue weighted by atomic mass is 10.0. The van der Waals surface area contributed by atoms with Crippen LogP contribution < -0.4 is 5.56 Å². The van der Waals surface area contributed by atoms with Crippen LogP contribution in [0.15, 0.2) is 47.3 Å². The molecular formula is C19H23N3O2. The van der Waals surface area contributed by atoms with Crippen molar-refractivity contribution in [2.75, 3.05) is 27.2 Å². The molecule has 0 unspecified atom stereocenters. The number of hydrogen-bond donors (Lipinski definition) is 1. The van der Waals surface area contributed by atoms with Gasteiger partial charge in [0.2, 0.25) is 0 Å². The van der Waals surface area contributed by atoms with Crippen LogP contribution in [0.3, 0.4) is 0 Å². The average molecular weight is 325 g/mol. The Morgan fingerprint density at radius 3 is 2.33 bits per heavy atom. The average Bonchev–Trinajstić information content (AvgIpc) is 2.62.